The highest BCUT2D eigenvalue weighted by Crippen LogP contribution is 2.38. The summed E-state index contributed by atoms with van der Waals surface area (Å²) in [5.41, 5.74) is 1.61. The van der Waals surface area contributed by atoms with Crippen LogP contribution in [-0.4, -0.2) is 43.1 Å². The first-order valence-corrected chi connectivity index (χ1v) is 12.2. The molecule has 34 heavy (non-hydrogen) atoms. The van der Waals surface area contributed by atoms with Crippen LogP contribution in [0.5, 0.6) is 5.75 Å². The summed E-state index contributed by atoms with van der Waals surface area (Å²) in [4.78, 5) is 18.0. The van der Waals surface area contributed by atoms with Crippen molar-refractivity contribution in [3.63, 3.8) is 0 Å². The first-order chi connectivity index (χ1) is 16.2. The second-order valence-electron chi connectivity index (χ2n) is 9.73. The van der Waals surface area contributed by atoms with Crippen molar-refractivity contribution in [3.05, 3.63) is 64.7 Å². The third-order valence-corrected chi connectivity index (χ3v) is 6.11. The Balaban J connectivity index is 1.81. The number of halogens is 1. The third-order valence-electron chi connectivity index (χ3n) is 5.86. The molecule has 0 bridgehead atoms. The van der Waals surface area contributed by atoms with Gasteiger partial charge < -0.3 is 19.0 Å². The molecule has 0 spiro atoms. The van der Waals surface area contributed by atoms with Crippen LogP contribution in [0.2, 0.25) is 5.02 Å². The minimum absolute atomic E-state index is 0.147. The smallest absolute Gasteiger partial charge is 0.497 e. The van der Waals surface area contributed by atoms with Crippen molar-refractivity contribution in [1.29, 1.82) is 0 Å². The third kappa shape index (κ3) is 7.62. The van der Waals surface area contributed by atoms with Crippen LogP contribution in [0.3, 0.4) is 0 Å². The molecule has 0 N–H and O–H groups in total. The summed E-state index contributed by atoms with van der Waals surface area (Å²) in [7, 11) is 1.65. The fourth-order valence-corrected chi connectivity index (χ4v) is 4.54. The normalized spacial score (nSPS) is 21.2. The zero-order chi connectivity index (χ0) is 24.7. The number of nitrogens with zero attached hydrogens (tertiary/aromatic N) is 1. The lowest BCUT2D eigenvalue weighted by Gasteiger charge is -2.42. The number of piperidine rings is 1. The van der Waals surface area contributed by atoms with E-state index in [1.807, 2.05) is 57.2 Å². The molecular weight excluding hydrogens is 454 g/mol. The van der Waals surface area contributed by atoms with Crippen LogP contribution in [0.1, 0.15) is 57.6 Å². The number of rotatable bonds is 8. The molecule has 0 saturated carbocycles. The number of carbonyl (C=O) groups is 1. The van der Waals surface area contributed by atoms with Gasteiger partial charge in [0.2, 0.25) is 0 Å². The standard InChI is InChI=1S/C27H36ClNO5/c1-6-7-21-16-29(34-26(30)33-27(2,3)4)17-24(25(21)20-10-12-22(28)13-11-20)32-18-19-8-14-23(31-5)15-9-19/h8-15,21,24-25H,6-7,16-18H2,1-5H3. The van der Waals surface area contributed by atoms with Gasteiger partial charge in [0.1, 0.15) is 11.4 Å². The predicted molar refractivity (Wildman–Crippen MR) is 133 cm³/mol. The molecule has 186 valence electrons. The largest absolute Gasteiger partial charge is 0.528 e. The molecule has 2 aromatic carbocycles. The van der Waals surface area contributed by atoms with Gasteiger partial charge in [-0.25, -0.2) is 4.79 Å². The number of benzene rings is 2. The van der Waals surface area contributed by atoms with E-state index in [9.17, 15) is 4.79 Å². The van der Waals surface area contributed by atoms with Crippen molar-refractivity contribution in [3.8, 4) is 5.75 Å². The van der Waals surface area contributed by atoms with Gasteiger partial charge in [0.25, 0.3) is 0 Å². The van der Waals surface area contributed by atoms with Gasteiger partial charge in [0.15, 0.2) is 0 Å². The van der Waals surface area contributed by atoms with Crippen molar-refractivity contribution in [2.75, 3.05) is 20.2 Å². The first kappa shape index (κ1) is 26.3. The van der Waals surface area contributed by atoms with Gasteiger partial charge in [0.05, 0.1) is 26.4 Å². The highest BCUT2D eigenvalue weighted by Gasteiger charge is 2.40. The molecular formula is C27H36ClNO5. The van der Waals surface area contributed by atoms with Crippen LogP contribution in [-0.2, 0) is 20.9 Å². The molecule has 6 nitrogen and oxygen atoms in total. The summed E-state index contributed by atoms with van der Waals surface area (Å²) in [5, 5.41) is 2.40. The lowest BCUT2D eigenvalue weighted by Crippen LogP contribution is -2.50. The topological polar surface area (TPSA) is 57.2 Å². The van der Waals surface area contributed by atoms with Gasteiger partial charge in [-0.15, -0.1) is 5.06 Å². The van der Waals surface area contributed by atoms with Crippen LogP contribution in [0, 0.1) is 5.92 Å². The second kappa shape index (κ2) is 11.9. The first-order valence-electron chi connectivity index (χ1n) is 11.8. The SMILES string of the molecule is CCCC1CN(OC(=O)OC(C)(C)C)CC(OCc2ccc(OC)cc2)C1c1ccc(Cl)cc1. The average molecular weight is 490 g/mol. The fourth-order valence-electron chi connectivity index (χ4n) is 4.41. The van der Waals surface area contributed by atoms with E-state index in [-0.39, 0.29) is 17.9 Å². The highest BCUT2D eigenvalue weighted by atomic mass is 35.5. The zero-order valence-electron chi connectivity index (χ0n) is 20.8. The Bertz CT molecular complexity index is 910. The molecule has 2 aromatic rings. The number of ether oxygens (including phenoxy) is 3. The van der Waals surface area contributed by atoms with Crippen LogP contribution >= 0.6 is 11.6 Å². The Hall–Kier alpha value is -2.28. The molecule has 1 aliphatic heterocycles. The average Bonchev–Trinajstić information content (AvgIpc) is 2.77. The molecule has 0 amide bonds. The predicted octanol–water partition coefficient (Wildman–Crippen LogP) is 6.62. The molecule has 0 aliphatic carbocycles. The molecule has 0 aromatic heterocycles. The van der Waals surface area contributed by atoms with Gasteiger partial charge in [-0.3, -0.25) is 0 Å². The van der Waals surface area contributed by atoms with Gasteiger partial charge in [-0.2, -0.15) is 0 Å². The van der Waals surface area contributed by atoms with Crippen LogP contribution in [0.25, 0.3) is 0 Å². The summed E-state index contributed by atoms with van der Waals surface area (Å²) in [6.07, 6.45) is 1.11. The van der Waals surface area contributed by atoms with Gasteiger partial charge in [0, 0.05) is 17.5 Å². The molecule has 3 atom stereocenters. The van der Waals surface area contributed by atoms with E-state index in [2.05, 4.69) is 19.1 Å². The minimum atomic E-state index is -0.693. The van der Waals surface area contributed by atoms with E-state index in [1.54, 1.807) is 12.2 Å². The number of hydrogen-bond acceptors (Lipinski definition) is 6. The summed E-state index contributed by atoms with van der Waals surface area (Å²) in [6.45, 7) is 9.13. The molecule has 3 unspecified atom stereocenters. The van der Waals surface area contributed by atoms with Crippen molar-refractivity contribution in [2.45, 2.75) is 64.8 Å². The fraction of sp³-hybridized carbons (Fsp3) is 0.519. The van der Waals surface area contributed by atoms with Crippen molar-refractivity contribution < 1.29 is 23.8 Å². The van der Waals surface area contributed by atoms with Crippen molar-refractivity contribution >= 4 is 17.8 Å². The minimum Gasteiger partial charge on any atom is -0.497 e. The maximum Gasteiger partial charge on any atom is 0.528 e. The van der Waals surface area contributed by atoms with E-state index >= 15 is 0 Å². The quantitative estimate of drug-likeness (QED) is 0.388. The number of methoxy groups -OCH3 is 1. The number of carbonyl (C=O) groups excluding carboxylic acids is 1. The Morgan fingerprint density at radius 3 is 2.32 bits per heavy atom. The summed E-state index contributed by atoms with van der Waals surface area (Å²) in [5.74, 6) is 1.19. The Kier molecular flexibility index (Phi) is 9.23. The van der Waals surface area contributed by atoms with Crippen LogP contribution < -0.4 is 4.74 Å². The van der Waals surface area contributed by atoms with E-state index in [0.717, 1.165) is 24.2 Å². The van der Waals surface area contributed by atoms with Gasteiger partial charge >= 0.3 is 6.16 Å². The number of hydrogen-bond donors (Lipinski definition) is 0. The molecule has 1 aliphatic rings. The second-order valence-corrected chi connectivity index (χ2v) is 10.2. The molecule has 1 fully saturated rings. The maximum atomic E-state index is 12.4. The Labute approximate surface area is 208 Å². The van der Waals surface area contributed by atoms with Crippen molar-refractivity contribution in [1.82, 2.24) is 5.06 Å². The van der Waals surface area contributed by atoms with E-state index in [1.165, 1.54) is 5.56 Å². The molecule has 7 heteroatoms. The monoisotopic (exact) mass is 489 g/mol. The lowest BCUT2D eigenvalue weighted by atomic mass is 9.77. The van der Waals surface area contributed by atoms with Crippen LogP contribution in [0.15, 0.2) is 48.5 Å². The molecule has 1 heterocycles. The van der Waals surface area contributed by atoms with Gasteiger partial charge in [-0.05, 0) is 68.5 Å². The summed E-state index contributed by atoms with van der Waals surface area (Å²) < 4.78 is 17.1. The molecule has 3 rings (SSSR count). The zero-order valence-corrected chi connectivity index (χ0v) is 21.5. The van der Waals surface area contributed by atoms with Crippen LogP contribution in [0.4, 0.5) is 4.79 Å². The summed E-state index contributed by atoms with van der Waals surface area (Å²) in [6, 6.07) is 15.8. The Morgan fingerprint density at radius 2 is 1.74 bits per heavy atom. The van der Waals surface area contributed by atoms with Gasteiger partial charge in [-0.1, -0.05) is 49.2 Å². The Morgan fingerprint density at radius 1 is 1.06 bits per heavy atom. The maximum absolute atomic E-state index is 12.4. The summed E-state index contributed by atoms with van der Waals surface area (Å²) >= 11 is 6.16. The van der Waals surface area contributed by atoms with E-state index < -0.39 is 11.8 Å². The molecule has 1 saturated heterocycles. The van der Waals surface area contributed by atoms with E-state index in [4.69, 9.17) is 30.6 Å². The number of hydroxylamine groups is 2. The highest BCUT2D eigenvalue weighted by molar-refractivity contribution is 6.30. The van der Waals surface area contributed by atoms with E-state index in [0.29, 0.717) is 24.7 Å². The lowest BCUT2D eigenvalue weighted by molar-refractivity contribution is -0.191. The van der Waals surface area contributed by atoms with Crippen molar-refractivity contribution in [2.24, 2.45) is 5.92 Å². The molecule has 0 radical (unpaired) electrons.